The van der Waals surface area contributed by atoms with Gasteiger partial charge in [-0.1, -0.05) is 63.3 Å². The summed E-state index contributed by atoms with van der Waals surface area (Å²) >= 11 is 0. The van der Waals surface area contributed by atoms with E-state index in [0.29, 0.717) is 6.42 Å². The monoisotopic (exact) mass is 430 g/mol. The summed E-state index contributed by atoms with van der Waals surface area (Å²) in [5.41, 5.74) is 1.95. The molecule has 0 saturated heterocycles. The number of rotatable bonds is 6. The number of hydrogen-bond donors (Lipinski definition) is 0. The van der Waals surface area contributed by atoms with Crippen molar-refractivity contribution in [2.75, 3.05) is 6.61 Å². The number of nitrogens with zero attached hydrogens (tertiary/aromatic N) is 2. The van der Waals surface area contributed by atoms with E-state index in [1.807, 2.05) is 12.1 Å². The second-order valence-corrected chi connectivity index (χ2v) is 5.85. The summed E-state index contributed by atoms with van der Waals surface area (Å²) in [6.07, 6.45) is 7.74. The number of benzene rings is 1. The van der Waals surface area contributed by atoms with Crippen molar-refractivity contribution in [3.63, 3.8) is 0 Å². The molecular formula is C20H24N2O2Pd. The van der Waals surface area contributed by atoms with Crippen LogP contribution in [0.1, 0.15) is 39.0 Å². The predicted molar refractivity (Wildman–Crippen MR) is 94.5 cm³/mol. The molecule has 0 N–H and O–H groups in total. The minimum atomic E-state index is -0.850. The van der Waals surface area contributed by atoms with E-state index in [9.17, 15) is 10.2 Å². The van der Waals surface area contributed by atoms with Gasteiger partial charge in [-0.05, 0) is 12.1 Å². The maximum Gasteiger partial charge on any atom is 2.00 e. The average Bonchev–Trinajstić information content (AvgIpc) is 2.65. The van der Waals surface area contributed by atoms with Crippen molar-refractivity contribution >= 4 is 21.8 Å². The molecule has 0 bridgehead atoms. The fourth-order valence-corrected chi connectivity index (χ4v) is 2.56. The molecule has 4 nitrogen and oxygen atoms in total. The van der Waals surface area contributed by atoms with Crippen molar-refractivity contribution in [3.8, 4) is 0 Å². The molecule has 3 rings (SSSR count). The smallest absolute Gasteiger partial charge is 0.855 e. The van der Waals surface area contributed by atoms with Crippen LogP contribution in [0.5, 0.6) is 0 Å². The van der Waals surface area contributed by atoms with Crippen LogP contribution >= 0.6 is 0 Å². The molecule has 2 aromatic heterocycles. The third-order valence-corrected chi connectivity index (χ3v) is 3.91. The van der Waals surface area contributed by atoms with Gasteiger partial charge in [0, 0.05) is 23.2 Å². The topological polar surface area (TPSA) is 71.9 Å². The molecule has 0 saturated carbocycles. The fourth-order valence-electron chi connectivity index (χ4n) is 2.56. The van der Waals surface area contributed by atoms with Gasteiger partial charge in [-0.15, -0.1) is 6.10 Å². The van der Waals surface area contributed by atoms with E-state index < -0.39 is 12.7 Å². The Balaban J connectivity index is 0.000000257. The van der Waals surface area contributed by atoms with Crippen LogP contribution < -0.4 is 10.2 Å². The van der Waals surface area contributed by atoms with Crippen LogP contribution in [0.3, 0.4) is 0 Å². The van der Waals surface area contributed by atoms with Crippen molar-refractivity contribution < 1.29 is 30.6 Å². The molecule has 136 valence electrons. The first-order valence-corrected chi connectivity index (χ1v) is 8.58. The number of hydrogen-bond acceptors (Lipinski definition) is 4. The fraction of sp³-hybridized carbons (Fsp3) is 0.400. The molecule has 0 aliphatic heterocycles. The van der Waals surface area contributed by atoms with Crippen molar-refractivity contribution in [1.82, 2.24) is 9.97 Å². The predicted octanol–water partition coefficient (Wildman–Crippen LogP) is 2.83. The van der Waals surface area contributed by atoms with Gasteiger partial charge < -0.3 is 10.2 Å². The van der Waals surface area contributed by atoms with Gasteiger partial charge >= 0.3 is 20.4 Å². The van der Waals surface area contributed by atoms with E-state index in [1.54, 1.807) is 12.4 Å². The van der Waals surface area contributed by atoms with Crippen molar-refractivity contribution in [2.24, 2.45) is 0 Å². The Bertz CT molecular complexity index is 697. The molecular weight excluding hydrogens is 407 g/mol. The van der Waals surface area contributed by atoms with E-state index in [4.69, 9.17) is 0 Å². The van der Waals surface area contributed by atoms with Gasteiger partial charge in [0.1, 0.15) is 0 Å². The minimum Gasteiger partial charge on any atom is -0.855 e. The summed E-state index contributed by atoms with van der Waals surface area (Å²) in [5.74, 6) is 0. The summed E-state index contributed by atoms with van der Waals surface area (Å²) in [6.45, 7) is 1.68. The molecule has 1 unspecified atom stereocenters. The molecule has 0 spiro atoms. The molecule has 0 amide bonds. The van der Waals surface area contributed by atoms with Gasteiger partial charge in [0.25, 0.3) is 0 Å². The maximum atomic E-state index is 10.5. The second-order valence-electron chi connectivity index (χ2n) is 5.85. The van der Waals surface area contributed by atoms with E-state index >= 15 is 0 Å². The Morgan fingerprint density at radius 2 is 1.44 bits per heavy atom. The molecule has 0 aliphatic carbocycles. The first-order chi connectivity index (χ1) is 11.8. The van der Waals surface area contributed by atoms with Gasteiger partial charge in [0.15, 0.2) is 0 Å². The molecule has 0 aliphatic rings. The van der Waals surface area contributed by atoms with Crippen LogP contribution in [-0.4, -0.2) is 22.7 Å². The molecule has 3 aromatic rings. The molecule has 25 heavy (non-hydrogen) atoms. The zero-order valence-corrected chi connectivity index (χ0v) is 16.0. The SMILES string of the molecule is CCCCCCC([O-])C[O-].[Pd+2].c1cnc2c(c1)ccc1cccnc12. The van der Waals surface area contributed by atoms with Crippen molar-refractivity contribution in [2.45, 2.75) is 45.1 Å². The Kier molecular flexibility index (Phi) is 10.4. The number of unbranched alkanes of at least 4 members (excludes halogenated alkanes) is 3. The molecule has 2 heterocycles. The van der Waals surface area contributed by atoms with Gasteiger partial charge in [0.2, 0.25) is 0 Å². The van der Waals surface area contributed by atoms with Gasteiger partial charge in [-0.2, -0.15) is 6.61 Å². The van der Waals surface area contributed by atoms with Crippen LogP contribution in [0.15, 0.2) is 48.8 Å². The van der Waals surface area contributed by atoms with Crippen LogP contribution in [0.2, 0.25) is 0 Å². The maximum absolute atomic E-state index is 10.5. The normalized spacial score (nSPS) is 11.5. The van der Waals surface area contributed by atoms with Gasteiger partial charge in [-0.25, -0.2) is 0 Å². The Labute approximate surface area is 163 Å². The average molecular weight is 431 g/mol. The van der Waals surface area contributed by atoms with Gasteiger partial charge in [0.05, 0.1) is 11.0 Å². The minimum absolute atomic E-state index is 0. The third kappa shape index (κ3) is 6.80. The standard InChI is InChI=1S/C12H8N2.C8H16O2.Pd/c1-3-9-5-6-10-4-2-8-14-12(10)11(9)13-7-1;1-2-3-4-5-6-8(10)7-9;/h1-8H;8H,2-7H2,1H3;/q;-2;+2. The molecule has 5 heteroatoms. The van der Waals surface area contributed by atoms with E-state index in [2.05, 4.69) is 41.2 Å². The first-order valence-electron chi connectivity index (χ1n) is 8.58. The molecule has 1 atom stereocenters. The van der Waals surface area contributed by atoms with Crippen LogP contribution in [0.4, 0.5) is 0 Å². The summed E-state index contributed by atoms with van der Waals surface area (Å²) in [7, 11) is 0. The van der Waals surface area contributed by atoms with Crippen molar-refractivity contribution in [1.29, 1.82) is 0 Å². The number of aromatic nitrogens is 2. The second kappa shape index (κ2) is 12.1. The first kappa shape index (κ1) is 21.7. The van der Waals surface area contributed by atoms with E-state index in [-0.39, 0.29) is 20.4 Å². The van der Waals surface area contributed by atoms with Crippen LogP contribution in [0, 0.1) is 0 Å². The largest absolute Gasteiger partial charge is 2.00 e. The van der Waals surface area contributed by atoms with E-state index in [1.165, 1.54) is 12.8 Å². The summed E-state index contributed by atoms with van der Waals surface area (Å²) < 4.78 is 0. The zero-order valence-electron chi connectivity index (χ0n) is 14.5. The Morgan fingerprint density at radius 3 is 1.92 bits per heavy atom. The van der Waals surface area contributed by atoms with Crippen LogP contribution in [0.25, 0.3) is 21.8 Å². The Hall–Kier alpha value is -1.38. The number of pyridine rings is 2. The Morgan fingerprint density at radius 1 is 0.880 bits per heavy atom. The molecule has 0 radical (unpaired) electrons. The zero-order chi connectivity index (χ0) is 17.2. The summed E-state index contributed by atoms with van der Waals surface area (Å²) in [5, 5.41) is 22.8. The van der Waals surface area contributed by atoms with Gasteiger partial charge in [-0.3, -0.25) is 9.97 Å². The summed E-state index contributed by atoms with van der Waals surface area (Å²) in [4.78, 5) is 8.69. The molecule has 0 fully saturated rings. The molecule has 1 aromatic carbocycles. The quantitative estimate of drug-likeness (QED) is 0.342. The van der Waals surface area contributed by atoms with Crippen molar-refractivity contribution in [3.05, 3.63) is 48.8 Å². The van der Waals surface area contributed by atoms with Crippen LogP contribution in [-0.2, 0) is 20.4 Å². The van der Waals surface area contributed by atoms with E-state index in [0.717, 1.165) is 34.6 Å². The third-order valence-electron chi connectivity index (χ3n) is 3.91. The summed E-state index contributed by atoms with van der Waals surface area (Å²) in [6, 6.07) is 12.1. The number of fused-ring (bicyclic) bond motifs is 3.